The van der Waals surface area contributed by atoms with Crippen molar-refractivity contribution in [2.24, 2.45) is 5.92 Å². The van der Waals surface area contributed by atoms with Gasteiger partial charge in [0.2, 0.25) is 5.91 Å². The van der Waals surface area contributed by atoms with Gasteiger partial charge in [-0.1, -0.05) is 0 Å². The van der Waals surface area contributed by atoms with Crippen molar-refractivity contribution in [3.05, 3.63) is 0 Å². The first-order chi connectivity index (χ1) is 7.44. The van der Waals surface area contributed by atoms with Crippen molar-refractivity contribution in [1.29, 1.82) is 0 Å². The predicted molar refractivity (Wildman–Crippen MR) is 53.4 cm³/mol. The molecule has 0 aromatic heterocycles. The zero-order valence-electron chi connectivity index (χ0n) is 9.53. The van der Waals surface area contributed by atoms with Crippen molar-refractivity contribution < 1.29 is 18.7 Å². The molecule has 0 spiro atoms. The van der Waals surface area contributed by atoms with Crippen molar-refractivity contribution >= 4 is 5.91 Å². The van der Waals surface area contributed by atoms with Crippen LogP contribution in [0.2, 0.25) is 0 Å². The van der Waals surface area contributed by atoms with Gasteiger partial charge in [-0.05, 0) is 20.3 Å². The minimum absolute atomic E-state index is 0.0423. The summed E-state index contributed by atoms with van der Waals surface area (Å²) in [4.78, 5) is 13.9. The quantitative estimate of drug-likeness (QED) is 0.664. The molecule has 2 atom stereocenters. The fraction of sp³-hybridized carbons (Fsp3) is 0.909. The van der Waals surface area contributed by atoms with Gasteiger partial charge in [0.25, 0.3) is 0 Å². The second-order valence-corrected chi connectivity index (χ2v) is 5.44. The fourth-order valence-corrected chi connectivity index (χ4v) is 2.97. The molecule has 0 aliphatic carbocycles. The van der Waals surface area contributed by atoms with Crippen LogP contribution < -0.4 is 0 Å². The van der Waals surface area contributed by atoms with Crippen LogP contribution in [0.3, 0.4) is 0 Å². The van der Waals surface area contributed by atoms with E-state index in [1.54, 1.807) is 4.90 Å². The number of rotatable bonds is 1. The van der Waals surface area contributed by atoms with Gasteiger partial charge in [0, 0.05) is 0 Å². The lowest BCUT2D eigenvalue weighted by Crippen LogP contribution is -2.55. The average molecular weight is 229 g/mol. The van der Waals surface area contributed by atoms with Gasteiger partial charge < -0.3 is 14.4 Å². The van der Waals surface area contributed by atoms with Crippen molar-refractivity contribution in [2.45, 2.75) is 37.7 Å². The smallest absolute Gasteiger partial charge is 0.231 e. The first-order valence-electron chi connectivity index (χ1n) is 5.68. The van der Waals surface area contributed by atoms with E-state index in [0.717, 1.165) is 0 Å². The van der Waals surface area contributed by atoms with Crippen LogP contribution in [-0.4, -0.2) is 48.1 Å². The molecule has 0 N–H and O–H groups in total. The Labute approximate surface area is 93.7 Å². The lowest BCUT2D eigenvalue weighted by molar-refractivity contribution is -0.176. The van der Waals surface area contributed by atoms with E-state index in [9.17, 15) is 9.18 Å². The molecule has 3 aliphatic rings. The van der Waals surface area contributed by atoms with Crippen molar-refractivity contribution in [1.82, 2.24) is 4.90 Å². The molecule has 0 saturated carbocycles. The molecule has 3 rings (SSSR count). The van der Waals surface area contributed by atoms with Crippen molar-refractivity contribution in [2.75, 3.05) is 19.8 Å². The van der Waals surface area contributed by atoms with Gasteiger partial charge >= 0.3 is 0 Å². The highest BCUT2D eigenvalue weighted by Gasteiger charge is 2.60. The number of alkyl halides is 1. The van der Waals surface area contributed by atoms with Crippen LogP contribution in [0.5, 0.6) is 0 Å². The van der Waals surface area contributed by atoms with Crippen molar-refractivity contribution in [3.8, 4) is 0 Å². The van der Waals surface area contributed by atoms with E-state index in [4.69, 9.17) is 9.47 Å². The number of amides is 1. The molecule has 3 aliphatic heterocycles. The highest BCUT2D eigenvalue weighted by molar-refractivity contribution is 5.84. The third-order valence-electron chi connectivity index (χ3n) is 3.93. The van der Waals surface area contributed by atoms with Crippen LogP contribution >= 0.6 is 0 Å². The molecular weight excluding hydrogens is 213 g/mol. The predicted octanol–water partition coefficient (Wildman–Crippen LogP) is 0.708. The normalized spacial score (nSPS) is 39.7. The lowest BCUT2D eigenvalue weighted by Gasteiger charge is -2.38. The van der Waals surface area contributed by atoms with E-state index >= 15 is 0 Å². The molecule has 0 radical (unpaired) electrons. The Bertz CT molecular complexity index is 340. The van der Waals surface area contributed by atoms with Crippen LogP contribution in [0.25, 0.3) is 0 Å². The number of fused-ring (bicyclic) bond motifs is 1. The number of ether oxygens (including phenoxy) is 2. The van der Waals surface area contributed by atoms with Gasteiger partial charge in [-0.25, -0.2) is 4.39 Å². The monoisotopic (exact) mass is 229 g/mol. The Morgan fingerprint density at radius 2 is 2.12 bits per heavy atom. The minimum atomic E-state index is -1.43. The lowest BCUT2D eigenvalue weighted by atomic mass is 9.85. The van der Waals surface area contributed by atoms with Gasteiger partial charge in [-0.15, -0.1) is 0 Å². The molecule has 0 aromatic rings. The van der Waals surface area contributed by atoms with E-state index in [-0.39, 0.29) is 25.2 Å². The van der Waals surface area contributed by atoms with Crippen LogP contribution in [0, 0.1) is 5.92 Å². The molecule has 90 valence electrons. The summed E-state index contributed by atoms with van der Waals surface area (Å²) < 4.78 is 24.6. The first-order valence-corrected chi connectivity index (χ1v) is 5.68. The molecule has 3 heterocycles. The Morgan fingerprint density at radius 3 is 2.62 bits per heavy atom. The van der Waals surface area contributed by atoms with Crippen LogP contribution in [0.1, 0.15) is 20.3 Å². The first kappa shape index (κ1) is 10.5. The number of halogens is 1. The van der Waals surface area contributed by atoms with Crippen LogP contribution in [0.15, 0.2) is 0 Å². The highest BCUT2D eigenvalue weighted by Crippen LogP contribution is 2.45. The molecule has 16 heavy (non-hydrogen) atoms. The average Bonchev–Trinajstić information content (AvgIpc) is 2.63. The third kappa shape index (κ3) is 1.18. The molecule has 2 unspecified atom stereocenters. The van der Waals surface area contributed by atoms with Crippen LogP contribution in [0.4, 0.5) is 4.39 Å². The molecule has 1 amide bonds. The number of carbonyl (C=O) groups is 1. The van der Waals surface area contributed by atoms with Gasteiger partial charge in [0.05, 0.1) is 31.8 Å². The van der Waals surface area contributed by atoms with E-state index in [0.29, 0.717) is 13.0 Å². The van der Waals surface area contributed by atoms with E-state index in [1.165, 1.54) is 0 Å². The minimum Gasteiger partial charge on any atom is -0.375 e. The van der Waals surface area contributed by atoms with Gasteiger partial charge in [-0.2, -0.15) is 0 Å². The van der Waals surface area contributed by atoms with Crippen LogP contribution in [-0.2, 0) is 14.3 Å². The van der Waals surface area contributed by atoms with E-state index in [1.807, 2.05) is 13.8 Å². The Hall–Kier alpha value is -0.680. The molecule has 4 nitrogen and oxygen atoms in total. The van der Waals surface area contributed by atoms with E-state index in [2.05, 4.69) is 0 Å². The third-order valence-corrected chi connectivity index (χ3v) is 3.93. The Balaban J connectivity index is 1.85. The summed E-state index contributed by atoms with van der Waals surface area (Å²) in [7, 11) is 0. The maximum atomic E-state index is 14.2. The molecule has 0 aromatic carbocycles. The summed E-state index contributed by atoms with van der Waals surface area (Å²) in [5, 5.41) is 0. The number of carbonyl (C=O) groups excluding carboxylic acids is 1. The summed E-state index contributed by atoms with van der Waals surface area (Å²) in [5.41, 5.74) is -2.02. The topological polar surface area (TPSA) is 38.8 Å². The molecule has 3 fully saturated rings. The van der Waals surface area contributed by atoms with E-state index < -0.39 is 17.3 Å². The molecular formula is C11H16FNO3. The number of hydrogen-bond donors (Lipinski definition) is 0. The Kier molecular flexibility index (Phi) is 1.93. The maximum Gasteiger partial charge on any atom is 0.231 e. The summed E-state index contributed by atoms with van der Waals surface area (Å²) in [6.07, 6.45) is 0.558. The molecule has 3 saturated heterocycles. The number of nitrogens with zero attached hydrogens (tertiary/aromatic N) is 1. The summed E-state index contributed by atoms with van der Waals surface area (Å²) in [6.45, 7) is 4.35. The number of hydrogen-bond acceptors (Lipinski definition) is 3. The summed E-state index contributed by atoms with van der Waals surface area (Å²) >= 11 is 0. The standard InChI is InChI=1S/C11H16FNO3/c1-10(2)13-7(4-16-10)3-8(9(13)14)11(12)5-15-6-11/h7-8H,3-6H2,1-2H3. The summed E-state index contributed by atoms with van der Waals surface area (Å²) in [5.74, 6) is -0.646. The van der Waals surface area contributed by atoms with Gasteiger partial charge in [0.15, 0.2) is 5.67 Å². The SMILES string of the molecule is CC1(C)OCC2CC(C3(F)COC3)C(=O)N21. The zero-order chi connectivity index (χ0) is 11.6. The summed E-state index contributed by atoms with van der Waals surface area (Å²) in [6, 6.07) is 0.0423. The van der Waals surface area contributed by atoms with Gasteiger partial charge in [-0.3, -0.25) is 4.79 Å². The zero-order valence-corrected chi connectivity index (χ0v) is 9.53. The molecule has 0 bridgehead atoms. The second-order valence-electron chi connectivity index (χ2n) is 5.44. The van der Waals surface area contributed by atoms with Gasteiger partial charge in [0.1, 0.15) is 5.72 Å². The van der Waals surface area contributed by atoms with Crippen molar-refractivity contribution in [3.63, 3.8) is 0 Å². The highest BCUT2D eigenvalue weighted by atomic mass is 19.1. The molecule has 5 heteroatoms. The fourth-order valence-electron chi connectivity index (χ4n) is 2.97. The second kappa shape index (κ2) is 2.96. The largest absolute Gasteiger partial charge is 0.375 e. The Morgan fingerprint density at radius 1 is 1.44 bits per heavy atom. The maximum absolute atomic E-state index is 14.2.